The van der Waals surface area contributed by atoms with E-state index in [9.17, 15) is 4.79 Å². The number of aromatic nitrogens is 1. The first-order valence-corrected chi connectivity index (χ1v) is 4.52. The number of nitrogens with zero attached hydrogens (tertiary/aromatic N) is 1. The molecule has 1 saturated heterocycles. The molecule has 1 aromatic rings. The smallest absolute Gasteiger partial charge is 0.136 e. The zero-order valence-electron chi connectivity index (χ0n) is 7.36. The molecule has 0 aromatic carbocycles. The van der Waals surface area contributed by atoms with Gasteiger partial charge in [-0.2, -0.15) is 0 Å². The number of rotatable bonds is 1. The van der Waals surface area contributed by atoms with Crippen LogP contribution in [0.4, 0.5) is 0 Å². The molecular weight excluding hydrogens is 164 g/mol. The van der Waals surface area contributed by atoms with Crippen molar-refractivity contribution in [3.63, 3.8) is 0 Å². The second-order valence-electron chi connectivity index (χ2n) is 3.25. The molecule has 1 aromatic heterocycles. The maximum Gasteiger partial charge on any atom is 0.136 e. The SMILES string of the molecule is O=C1CCNC(c2ccccn2)C1. The van der Waals surface area contributed by atoms with Crippen molar-refractivity contribution in [3.8, 4) is 0 Å². The molecule has 1 aliphatic rings. The van der Waals surface area contributed by atoms with Crippen LogP contribution >= 0.6 is 0 Å². The summed E-state index contributed by atoms with van der Waals surface area (Å²) in [6, 6.07) is 5.91. The standard InChI is InChI=1S/C10H12N2O/c13-8-4-6-12-10(7-8)9-3-1-2-5-11-9/h1-3,5,10,12H,4,6-7H2. The van der Waals surface area contributed by atoms with Gasteiger partial charge in [-0.05, 0) is 12.1 Å². The highest BCUT2D eigenvalue weighted by atomic mass is 16.1. The van der Waals surface area contributed by atoms with E-state index in [0.717, 1.165) is 12.2 Å². The highest BCUT2D eigenvalue weighted by molar-refractivity contribution is 5.80. The largest absolute Gasteiger partial charge is 0.308 e. The van der Waals surface area contributed by atoms with Crippen molar-refractivity contribution in [2.75, 3.05) is 6.54 Å². The van der Waals surface area contributed by atoms with Gasteiger partial charge in [0.05, 0.1) is 11.7 Å². The van der Waals surface area contributed by atoms with Crippen LogP contribution in [0.2, 0.25) is 0 Å². The summed E-state index contributed by atoms with van der Waals surface area (Å²) in [7, 11) is 0. The lowest BCUT2D eigenvalue weighted by molar-refractivity contribution is -0.120. The zero-order chi connectivity index (χ0) is 9.10. The van der Waals surface area contributed by atoms with Crippen LogP contribution < -0.4 is 5.32 Å². The fourth-order valence-corrected chi connectivity index (χ4v) is 1.58. The Morgan fingerprint density at radius 2 is 2.38 bits per heavy atom. The minimum Gasteiger partial charge on any atom is -0.308 e. The molecule has 3 heteroatoms. The van der Waals surface area contributed by atoms with E-state index in [4.69, 9.17) is 0 Å². The molecule has 1 unspecified atom stereocenters. The molecule has 0 radical (unpaired) electrons. The van der Waals surface area contributed by atoms with Crippen LogP contribution in [0.1, 0.15) is 24.6 Å². The van der Waals surface area contributed by atoms with Crippen molar-refractivity contribution in [1.29, 1.82) is 0 Å². The van der Waals surface area contributed by atoms with Crippen LogP contribution in [0.5, 0.6) is 0 Å². The summed E-state index contributed by atoms with van der Waals surface area (Å²) in [6.45, 7) is 0.778. The number of carbonyl (C=O) groups is 1. The summed E-state index contributed by atoms with van der Waals surface area (Å²) in [4.78, 5) is 15.4. The van der Waals surface area contributed by atoms with Crippen LogP contribution in [-0.2, 0) is 4.79 Å². The number of Topliss-reactive ketones (excluding diaryl/α,β-unsaturated/α-hetero) is 1. The Morgan fingerprint density at radius 3 is 3.08 bits per heavy atom. The first-order valence-electron chi connectivity index (χ1n) is 4.52. The van der Waals surface area contributed by atoms with Crippen LogP contribution in [-0.4, -0.2) is 17.3 Å². The summed E-state index contributed by atoms with van der Waals surface area (Å²) >= 11 is 0. The van der Waals surface area contributed by atoms with Crippen molar-refractivity contribution in [1.82, 2.24) is 10.3 Å². The van der Waals surface area contributed by atoms with Gasteiger partial charge in [0.2, 0.25) is 0 Å². The Balaban J connectivity index is 2.13. The van der Waals surface area contributed by atoms with Gasteiger partial charge in [0.25, 0.3) is 0 Å². The van der Waals surface area contributed by atoms with Gasteiger partial charge in [-0.25, -0.2) is 0 Å². The first-order chi connectivity index (χ1) is 6.36. The highest BCUT2D eigenvalue weighted by Crippen LogP contribution is 2.18. The Hall–Kier alpha value is -1.22. The summed E-state index contributed by atoms with van der Waals surface area (Å²) in [5.41, 5.74) is 0.968. The Bertz CT molecular complexity index is 297. The van der Waals surface area contributed by atoms with Crippen molar-refractivity contribution >= 4 is 5.78 Å². The van der Waals surface area contributed by atoms with Gasteiger partial charge in [0.15, 0.2) is 0 Å². The Labute approximate surface area is 77.2 Å². The minimum absolute atomic E-state index is 0.127. The van der Waals surface area contributed by atoms with E-state index in [-0.39, 0.29) is 6.04 Å². The van der Waals surface area contributed by atoms with Gasteiger partial charge in [-0.1, -0.05) is 6.07 Å². The van der Waals surface area contributed by atoms with E-state index >= 15 is 0 Å². The monoisotopic (exact) mass is 176 g/mol. The molecule has 1 fully saturated rings. The van der Waals surface area contributed by atoms with E-state index in [1.54, 1.807) is 6.20 Å². The van der Waals surface area contributed by atoms with Crippen molar-refractivity contribution in [3.05, 3.63) is 30.1 Å². The number of nitrogens with one attached hydrogen (secondary N) is 1. The van der Waals surface area contributed by atoms with Crippen LogP contribution in [0.15, 0.2) is 24.4 Å². The van der Waals surface area contributed by atoms with E-state index in [1.807, 2.05) is 18.2 Å². The predicted octanol–water partition coefficient (Wildman–Crippen LogP) is 1.08. The molecular formula is C10H12N2O. The van der Waals surface area contributed by atoms with E-state index < -0.39 is 0 Å². The van der Waals surface area contributed by atoms with E-state index in [2.05, 4.69) is 10.3 Å². The molecule has 0 amide bonds. The lowest BCUT2D eigenvalue weighted by Crippen LogP contribution is -2.32. The summed E-state index contributed by atoms with van der Waals surface area (Å²) in [5.74, 6) is 0.328. The average Bonchev–Trinajstić information content (AvgIpc) is 2.19. The molecule has 1 aliphatic heterocycles. The van der Waals surface area contributed by atoms with Crippen molar-refractivity contribution in [2.24, 2.45) is 0 Å². The van der Waals surface area contributed by atoms with Gasteiger partial charge in [-0.15, -0.1) is 0 Å². The Kier molecular flexibility index (Phi) is 2.36. The summed E-state index contributed by atoms with van der Waals surface area (Å²) in [5, 5.41) is 3.28. The third-order valence-corrected chi connectivity index (χ3v) is 2.27. The van der Waals surface area contributed by atoms with Gasteiger partial charge in [0.1, 0.15) is 5.78 Å². The fraction of sp³-hybridized carbons (Fsp3) is 0.400. The molecule has 1 atom stereocenters. The molecule has 0 aliphatic carbocycles. The number of hydrogen-bond acceptors (Lipinski definition) is 3. The summed E-state index contributed by atoms with van der Waals surface area (Å²) < 4.78 is 0. The van der Waals surface area contributed by atoms with Crippen LogP contribution in [0.3, 0.4) is 0 Å². The average molecular weight is 176 g/mol. The second-order valence-corrected chi connectivity index (χ2v) is 3.25. The van der Waals surface area contributed by atoms with Gasteiger partial charge >= 0.3 is 0 Å². The summed E-state index contributed by atoms with van der Waals surface area (Å²) in [6.07, 6.45) is 3.00. The fourth-order valence-electron chi connectivity index (χ4n) is 1.58. The van der Waals surface area contributed by atoms with Gasteiger partial charge in [0, 0.05) is 25.6 Å². The highest BCUT2D eigenvalue weighted by Gasteiger charge is 2.20. The lowest BCUT2D eigenvalue weighted by atomic mass is 10.0. The number of hydrogen-bond donors (Lipinski definition) is 1. The quantitative estimate of drug-likeness (QED) is 0.696. The molecule has 68 valence electrons. The molecule has 0 saturated carbocycles. The third kappa shape index (κ3) is 1.92. The van der Waals surface area contributed by atoms with Crippen molar-refractivity contribution in [2.45, 2.75) is 18.9 Å². The number of piperidine rings is 1. The molecule has 2 rings (SSSR count). The minimum atomic E-state index is 0.127. The topological polar surface area (TPSA) is 42.0 Å². The van der Waals surface area contributed by atoms with Crippen molar-refractivity contribution < 1.29 is 4.79 Å². The lowest BCUT2D eigenvalue weighted by Gasteiger charge is -2.21. The third-order valence-electron chi connectivity index (χ3n) is 2.27. The maximum absolute atomic E-state index is 11.2. The maximum atomic E-state index is 11.2. The molecule has 13 heavy (non-hydrogen) atoms. The van der Waals surface area contributed by atoms with Gasteiger partial charge in [-0.3, -0.25) is 9.78 Å². The van der Waals surface area contributed by atoms with Crippen LogP contribution in [0.25, 0.3) is 0 Å². The van der Waals surface area contributed by atoms with E-state index in [0.29, 0.717) is 18.6 Å². The molecule has 1 N–H and O–H groups in total. The molecule has 3 nitrogen and oxygen atoms in total. The Morgan fingerprint density at radius 1 is 1.46 bits per heavy atom. The van der Waals surface area contributed by atoms with Gasteiger partial charge < -0.3 is 5.32 Å². The molecule has 2 heterocycles. The predicted molar refractivity (Wildman–Crippen MR) is 49.2 cm³/mol. The first kappa shape index (κ1) is 8.38. The number of ketones is 1. The second kappa shape index (κ2) is 3.66. The number of pyridine rings is 1. The zero-order valence-corrected chi connectivity index (χ0v) is 7.36. The molecule has 0 spiro atoms. The molecule has 0 bridgehead atoms. The number of carbonyl (C=O) groups excluding carboxylic acids is 1. The normalized spacial score (nSPS) is 23.1. The van der Waals surface area contributed by atoms with E-state index in [1.165, 1.54) is 0 Å². The van der Waals surface area contributed by atoms with Crippen LogP contribution in [0, 0.1) is 0 Å².